The highest BCUT2D eigenvalue weighted by Crippen LogP contribution is 2.19. The number of aryl methyl sites for hydroxylation is 2. The highest BCUT2D eigenvalue weighted by atomic mass is 19.1. The monoisotopic (exact) mass is 290 g/mol. The second-order valence-corrected chi connectivity index (χ2v) is 4.63. The highest BCUT2D eigenvalue weighted by molar-refractivity contribution is 6.05. The fourth-order valence-electron chi connectivity index (χ4n) is 2.02. The van der Waals surface area contributed by atoms with Crippen LogP contribution in [0.15, 0.2) is 24.3 Å². The molecule has 5 nitrogen and oxygen atoms in total. The average Bonchev–Trinajstić information content (AvgIpc) is 2.79. The molecule has 2 N–H and O–H groups in total. The molecule has 0 unspecified atom stereocenters. The average molecular weight is 290 g/mol. The topological polar surface area (TPSA) is 71.2 Å². The maximum absolute atomic E-state index is 13.7. The molecule has 1 aromatic carbocycles. The Bertz CT molecular complexity index is 707. The van der Waals surface area contributed by atoms with E-state index in [9.17, 15) is 14.0 Å². The van der Waals surface area contributed by atoms with Crippen molar-refractivity contribution in [3.63, 3.8) is 0 Å². The second kappa shape index (κ2) is 5.78. The molecule has 0 spiro atoms. The predicted molar refractivity (Wildman–Crippen MR) is 76.0 cm³/mol. The maximum Gasteiger partial charge on any atom is 0.337 e. The van der Waals surface area contributed by atoms with Gasteiger partial charge in [-0.2, -0.15) is 0 Å². The molecule has 6 heteroatoms. The number of aromatic nitrogens is 1. The zero-order chi connectivity index (χ0) is 15.6. The Morgan fingerprint density at radius 3 is 2.52 bits per heavy atom. The van der Waals surface area contributed by atoms with Crippen molar-refractivity contribution < 1.29 is 18.7 Å². The fraction of sp³-hybridized carbons (Fsp3) is 0.200. The van der Waals surface area contributed by atoms with Crippen molar-refractivity contribution in [1.29, 1.82) is 0 Å². The van der Waals surface area contributed by atoms with Crippen LogP contribution in [0.1, 0.15) is 32.1 Å². The van der Waals surface area contributed by atoms with Gasteiger partial charge >= 0.3 is 5.97 Å². The highest BCUT2D eigenvalue weighted by Gasteiger charge is 2.15. The van der Waals surface area contributed by atoms with Crippen LogP contribution in [0, 0.1) is 19.7 Å². The Morgan fingerprint density at radius 2 is 1.95 bits per heavy atom. The van der Waals surface area contributed by atoms with Gasteiger partial charge in [-0.25, -0.2) is 9.18 Å². The number of hydrogen-bond donors (Lipinski definition) is 2. The molecule has 0 bridgehead atoms. The number of benzene rings is 1. The van der Waals surface area contributed by atoms with E-state index in [1.165, 1.54) is 19.2 Å². The Kier molecular flexibility index (Phi) is 4.07. The van der Waals surface area contributed by atoms with E-state index in [1.807, 2.05) is 6.92 Å². The molecule has 0 aliphatic carbocycles. The number of methoxy groups -OCH3 is 1. The van der Waals surface area contributed by atoms with Crippen molar-refractivity contribution in [2.45, 2.75) is 13.8 Å². The van der Waals surface area contributed by atoms with Gasteiger partial charge in [0.15, 0.2) is 0 Å². The summed E-state index contributed by atoms with van der Waals surface area (Å²) in [4.78, 5) is 26.6. The van der Waals surface area contributed by atoms with E-state index < -0.39 is 17.7 Å². The molecule has 0 aliphatic heterocycles. The van der Waals surface area contributed by atoms with Crippen LogP contribution in [-0.4, -0.2) is 24.0 Å². The van der Waals surface area contributed by atoms with Gasteiger partial charge in [0.05, 0.1) is 23.9 Å². The maximum atomic E-state index is 13.7. The smallest absolute Gasteiger partial charge is 0.337 e. The van der Waals surface area contributed by atoms with E-state index in [1.54, 1.807) is 13.0 Å². The van der Waals surface area contributed by atoms with Gasteiger partial charge in [-0.1, -0.05) is 0 Å². The summed E-state index contributed by atoms with van der Waals surface area (Å²) < 4.78 is 18.3. The van der Waals surface area contributed by atoms with E-state index in [-0.39, 0.29) is 11.3 Å². The first-order chi connectivity index (χ1) is 9.92. The van der Waals surface area contributed by atoms with E-state index in [0.717, 1.165) is 11.8 Å². The molecule has 1 heterocycles. The largest absolute Gasteiger partial charge is 0.465 e. The van der Waals surface area contributed by atoms with Gasteiger partial charge in [-0.15, -0.1) is 0 Å². The first-order valence-electron chi connectivity index (χ1n) is 6.27. The first kappa shape index (κ1) is 14.8. The number of anilines is 1. The molecule has 1 aromatic heterocycles. The third kappa shape index (κ3) is 3.10. The molecule has 1 amide bonds. The first-order valence-corrected chi connectivity index (χ1v) is 6.27. The van der Waals surface area contributed by atoms with Crippen LogP contribution in [-0.2, 0) is 4.74 Å². The lowest BCUT2D eigenvalue weighted by Gasteiger charge is -2.08. The molecule has 0 fully saturated rings. The SMILES string of the molecule is COC(=O)c1ccc(F)c(NC(=O)c2cc(C)[nH]c2C)c1. The summed E-state index contributed by atoms with van der Waals surface area (Å²) in [5.41, 5.74) is 2.05. The van der Waals surface area contributed by atoms with E-state index >= 15 is 0 Å². The molecule has 2 aromatic rings. The number of nitrogens with one attached hydrogen (secondary N) is 2. The lowest BCUT2D eigenvalue weighted by molar-refractivity contribution is 0.0600. The van der Waals surface area contributed by atoms with Crippen molar-refractivity contribution in [2.24, 2.45) is 0 Å². The lowest BCUT2D eigenvalue weighted by atomic mass is 10.1. The van der Waals surface area contributed by atoms with Crippen molar-refractivity contribution >= 4 is 17.6 Å². The van der Waals surface area contributed by atoms with Gasteiger partial charge in [-0.3, -0.25) is 4.79 Å². The molecule has 0 radical (unpaired) electrons. The van der Waals surface area contributed by atoms with Crippen molar-refractivity contribution in [3.8, 4) is 0 Å². The number of halogens is 1. The fourth-order valence-corrected chi connectivity index (χ4v) is 2.02. The quantitative estimate of drug-likeness (QED) is 0.854. The predicted octanol–water partition coefficient (Wildman–Crippen LogP) is 2.81. The van der Waals surface area contributed by atoms with Crippen LogP contribution in [0.5, 0.6) is 0 Å². The molecule has 0 saturated heterocycles. The van der Waals surface area contributed by atoms with E-state index in [0.29, 0.717) is 11.3 Å². The zero-order valence-corrected chi connectivity index (χ0v) is 11.9. The van der Waals surface area contributed by atoms with Crippen molar-refractivity contribution in [1.82, 2.24) is 4.98 Å². The third-order valence-electron chi connectivity index (χ3n) is 3.03. The minimum absolute atomic E-state index is 0.0684. The van der Waals surface area contributed by atoms with Gasteiger partial charge < -0.3 is 15.0 Å². The van der Waals surface area contributed by atoms with Crippen LogP contribution >= 0.6 is 0 Å². The number of rotatable bonds is 3. The van der Waals surface area contributed by atoms with Gasteiger partial charge in [0.2, 0.25) is 0 Å². The Hall–Kier alpha value is -2.63. The molecular weight excluding hydrogens is 275 g/mol. The summed E-state index contributed by atoms with van der Waals surface area (Å²) >= 11 is 0. The van der Waals surface area contributed by atoms with Crippen LogP contribution in [0.4, 0.5) is 10.1 Å². The number of amides is 1. The lowest BCUT2D eigenvalue weighted by Crippen LogP contribution is -2.14. The number of carbonyl (C=O) groups is 2. The summed E-state index contributed by atoms with van der Waals surface area (Å²) in [7, 11) is 1.23. The number of aromatic amines is 1. The van der Waals surface area contributed by atoms with Gasteiger partial charge in [0.1, 0.15) is 5.82 Å². The second-order valence-electron chi connectivity index (χ2n) is 4.63. The van der Waals surface area contributed by atoms with Crippen molar-refractivity contribution in [3.05, 3.63) is 52.6 Å². The molecule has 0 aliphatic rings. The molecule has 0 atom stereocenters. The molecule has 110 valence electrons. The minimum atomic E-state index is -0.624. The number of H-pyrrole nitrogens is 1. The van der Waals surface area contributed by atoms with Gasteiger partial charge in [-0.05, 0) is 38.1 Å². The Morgan fingerprint density at radius 1 is 1.24 bits per heavy atom. The van der Waals surface area contributed by atoms with Gasteiger partial charge in [0, 0.05) is 11.4 Å². The molecule has 2 rings (SSSR count). The Balaban J connectivity index is 2.28. The van der Waals surface area contributed by atoms with Crippen LogP contribution < -0.4 is 5.32 Å². The summed E-state index contributed by atoms with van der Waals surface area (Å²) in [6.45, 7) is 3.57. The summed E-state index contributed by atoms with van der Waals surface area (Å²) in [5, 5.41) is 2.46. The number of esters is 1. The van der Waals surface area contributed by atoms with Crippen LogP contribution in [0.3, 0.4) is 0 Å². The normalized spacial score (nSPS) is 10.3. The van der Waals surface area contributed by atoms with Crippen LogP contribution in [0.2, 0.25) is 0 Å². The zero-order valence-electron chi connectivity index (χ0n) is 11.9. The minimum Gasteiger partial charge on any atom is -0.465 e. The third-order valence-corrected chi connectivity index (χ3v) is 3.03. The molecule has 0 saturated carbocycles. The number of ether oxygens (including phenoxy) is 1. The van der Waals surface area contributed by atoms with E-state index in [4.69, 9.17) is 0 Å². The standard InChI is InChI=1S/C15H15FN2O3/c1-8-6-11(9(2)17-8)14(19)18-13-7-10(15(20)21-3)4-5-12(13)16/h4-7,17H,1-3H3,(H,18,19). The molecule has 21 heavy (non-hydrogen) atoms. The van der Waals surface area contributed by atoms with E-state index in [2.05, 4.69) is 15.0 Å². The van der Waals surface area contributed by atoms with Gasteiger partial charge in [0.25, 0.3) is 5.91 Å². The molecular formula is C15H15FN2O3. The number of carbonyl (C=O) groups excluding carboxylic acids is 2. The number of hydrogen-bond acceptors (Lipinski definition) is 3. The summed E-state index contributed by atoms with van der Waals surface area (Å²) in [6.07, 6.45) is 0. The van der Waals surface area contributed by atoms with Crippen molar-refractivity contribution in [2.75, 3.05) is 12.4 Å². The summed E-state index contributed by atoms with van der Waals surface area (Å²) in [6, 6.07) is 5.32. The van der Waals surface area contributed by atoms with Crippen LogP contribution in [0.25, 0.3) is 0 Å². The summed E-state index contributed by atoms with van der Waals surface area (Å²) in [5.74, 6) is -1.67. The Labute approximate surface area is 121 Å².